The number of nitro benzene ring substituents is 1. The number of nitro groups is 1. The number of hydrogen-bond acceptors (Lipinski definition) is 9. The summed E-state index contributed by atoms with van der Waals surface area (Å²) in [5, 5.41) is 29.4. The standard InChI is InChI=1S/C15H15FN2O3.C12H22NO4P/c16-14-1-2-15(18(19)20)13(9-14)8-12(10-17)7-11-3-5-21-6-4-11;1-3-16-18(14,17-4-2)12(10-13)9-11-5-7-15-8-6-11/h1-2,8-9,11H,3-7H2;11-12H,3-9H2,1-2H3. The summed E-state index contributed by atoms with van der Waals surface area (Å²) >= 11 is 0. The van der Waals surface area contributed by atoms with E-state index in [0.29, 0.717) is 56.7 Å². The van der Waals surface area contributed by atoms with Gasteiger partial charge in [0.15, 0.2) is 0 Å². The van der Waals surface area contributed by atoms with Gasteiger partial charge in [-0.25, -0.2) is 4.39 Å². The molecule has 2 fully saturated rings. The van der Waals surface area contributed by atoms with E-state index in [1.165, 1.54) is 6.08 Å². The van der Waals surface area contributed by atoms with Gasteiger partial charge in [-0.15, -0.1) is 0 Å². The Kier molecular flexibility index (Phi) is 14.3. The highest BCUT2D eigenvalue weighted by Crippen LogP contribution is 2.55. The van der Waals surface area contributed by atoms with Crippen molar-refractivity contribution in [2.24, 2.45) is 11.8 Å². The Hall–Kier alpha value is -2.66. The summed E-state index contributed by atoms with van der Waals surface area (Å²) in [6.07, 6.45) is 6.07. The van der Waals surface area contributed by atoms with Crippen molar-refractivity contribution in [2.75, 3.05) is 39.6 Å². The van der Waals surface area contributed by atoms with Gasteiger partial charge in [0.1, 0.15) is 11.5 Å². The summed E-state index contributed by atoms with van der Waals surface area (Å²) in [6.45, 7) is 6.88. The molecule has 0 N–H and O–H groups in total. The molecule has 0 amide bonds. The van der Waals surface area contributed by atoms with Gasteiger partial charge < -0.3 is 18.5 Å². The summed E-state index contributed by atoms with van der Waals surface area (Å²) in [6, 6.07) is 7.40. The minimum absolute atomic E-state index is 0.128. The predicted octanol–water partition coefficient (Wildman–Crippen LogP) is 6.42. The average Bonchev–Trinajstić information content (AvgIpc) is 2.93. The van der Waals surface area contributed by atoms with Gasteiger partial charge in [-0.2, -0.15) is 10.5 Å². The largest absolute Gasteiger partial charge is 0.381 e. The fraction of sp³-hybridized carbons (Fsp3) is 0.630. The molecule has 0 aromatic heterocycles. The zero-order valence-electron chi connectivity index (χ0n) is 22.6. The van der Waals surface area contributed by atoms with Crippen LogP contribution in [0.5, 0.6) is 0 Å². The second-order valence-electron chi connectivity index (χ2n) is 9.31. The van der Waals surface area contributed by atoms with Crippen LogP contribution < -0.4 is 0 Å². The summed E-state index contributed by atoms with van der Waals surface area (Å²) in [5.41, 5.74) is -0.309. The number of halogens is 1. The first-order chi connectivity index (χ1) is 18.8. The van der Waals surface area contributed by atoms with Crippen molar-refractivity contribution in [1.29, 1.82) is 10.5 Å². The fourth-order valence-corrected chi connectivity index (χ4v) is 6.37. The van der Waals surface area contributed by atoms with Crippen LogP contribution in [0.25, 0.3) is 6.08 Å². The summed E-state index contributed by atoms with van der Waals surface area (Å²) < 4.78 is 46.8. The fourth-order valence-electron chi connectivity index (χ4n) is 4.52. The molecule has 3 rings (SSSR count). The van der Waals surface area contributed by atoms with Crippen LogP contribution in [0.1, 0.15) is 57.9 Å². The van der Waals surface area contributed by atoms with Gasteiger partial charge in [-0.1, -0.05) is 0 Å². The number of nitrogens with zero attached hydrogens (tertiary/aromatic N) is 3. The van der Waals surface area contributed by atoms with Crippen LogP contribution in [0, 0.1) is 50.4 Å². The third-order valence-electron chi connectivity index (χ3n) is 6.56. The van der Waals surface area contributed by atoms with Crippen molar-refractivity contribution < 1.29 is 32.4 Å². The summed E-state index contributed by atoms with van der Waals surface area (Å²) in [7, 11) is -3.30. The molecule has 1 atom stereocenters. The van der Waals surface area contributed by atoms with E-state index in [0.717, 1.165) is 57.1 Å². The molecule has 214 valence electrons. The number of ether oxygens (including phenoxy) is 2. The Morgan fingerprint density at radius 3 is 2.18 bits per heavy atom. The molecule has 0 radical (unpaired) electrons. The third kappa shape index (κ3) is 10.8. The summed E-state index contributed by atoms with van der Waals surface area (Å²) in [4.78, 5) is 10.4. The van der Waals surface area contributed by atoms with Gasteiger partial charge in [-0.05, 0) is 82.4 Å². The van der Waals surface area contributed by atoms with E-state index in [4.69, 9.17) is 18.5 Å². The van der Waals surface area contributed by atoms with Crippen molar-refractivity contribution in [3.05, 3.63) is 45.3 Å². The molecule has 1 aromatic carbocycles. The number of allylic oxidation sites excluding steroid dienone is 1. The maximum Gasteiger partial charge on any atom is 0.347 e. The van der Waals surface area contributed by atoms with E-state index in [9.17, 15) is 29.6 Å². The first kappa shape index (κ1) is 32.6. The molecule has 2 aliphatic rings. The number of benzene rings is 1. The average molecular weight is 566 g/mol. The molecule has 0 bridgehead atoms. The molecular weight excluding hydrogens is 528 g/mol. The van der Waals surface area contributed by atoms with Crippen LogP contribution in [-0.4, -0.2) is 50.2 Å². The van der Waals surface area contributed by atoms with Crippen molar-refractivity contribution >= 4 is 19.4 Å². The van der Waals surface area contributed by atoms with Gasteiger partial charge in [0, 0.05) is 38.1 Å². The van der Waals surface area contributed by atoms with E-state index in [1.807, 2.05) is 0 Å². The van der Waals surface area contributed by atoms with E-state index in [-0.39, 0.29) is 11.3 Å². The lowest BCUT2D eigenvalue weighted by Gasteiger charge is -2.27. The Morgan fingerprint density at radius 1 is 1.13 bits per heavy atom. The molecule has 10 nitrogen and oxygen atoms in total. The number of rotatable bonds is 11. The van der Waals surface area contributed by atoms with Crippen LogP contribution in [0.3, 0.4) is 0 Å². The minimum atomic E-state index is -3.30. The normalized spacial score (nSPS) is 17.8. The van der Waals surface area contributed by atoms with Crippen molar-refractivity contribution in [3.8, 4) is 12.1 Å². The molecule has 12 heteroatoms. The topological polar surface area (TPSA) is 145 Å². The van der Waals surface area contributed by atoms with E-state index in [2.05, 4.69) is 12.1 Å². The smallest absolute Gasteiger partial charge is 0.347 e. The zero-order valence-corrected chi connectivity index (χ0v) is 23.4. The molecular formula is C27H37FN3O7P. The molecule has 0 spiro atoms. The van der Waals surface area contributed by atoms with Crippen LogP contribution in [0.4, 0.5) is 10.1 Å². The highest BCUT2D eigenvalue weighted by molar-refractivity contribution is 7.55. The Bertz CT molecular complexity index is 1080. The lowest BCUT2D eigenvalue weighted by molar-refractivity contribution is -0.385. The van der Waals surface area contributed by atoms with Crippen LogP contribution in [0.15, 0.2) is 23.8 Å². The van der Waals surface area contributed by atoms with E-state index in [1.54, 1.807) is 13.8 Å². The molecule has 2 saturated heterocycles. The summed E-state index contributed by atoms with van der Waals surface area (Å²) in [5.74, 6) is 0.144. The lowest BCUT2D eigenvalue weighted by atomic mass is 9.92. The molecule has 39 heavy (non-hydrogen) atoms. The molecule has 1 aromatic rings. The zero-order chi connectivity index (χ0) is 28.7. The Morgan fingerprint density at radius 2 is 1.69 bits per heavy atom. The van der Waals surface area contributed by atoms with Crippen molar-refractivity contribution in [1.82, 2.24) is 0 Å². The van der Waals surface area contributed by atoms with Gasteiger partial charge >= 0.3 is 7.60 Å². The molecule has 2 heterocycles. The van der Waals surface area contributed by atoms with Gasteiger partial charge in [0.05, 0.1) is 35.8 Å². The quantitative estimate of drug-likeness (QED) is 0.128. The Balaban J connectivity index is 0.000000277. The van der Waals surface area contributed by atoms with E-state index < -0.39 is 24.0 Å². The van der Waals surface area contributed by atoms with Crippen molar-refractivity contribution in [3.63, 3.8) is 0 Å². The lowest BCUT2D eigenvalue weighted by Crippen LogP contribution is -2.22. The Labute approximate surface area is 229 Å². The molecule has 0 saturated carbocycles. The van der Waals surface area contributed by atoms with Crippen LogP contribution in [-0.2, 0) is 23.1 Å². The highest BCUT2D eigenvalue weighted by atomic mass is 31.2. The van der Waals surface area contributed by atoms with Crippen LogP contribution >= 0.6 is 7.60 Å². The third-order valence-corrected chi connectivity index (χ3v) is 8.88. The predicted molar refractivity (Wildman–Crippen MR) is 143 cm³/mol. The van der Waals surface area contributed by atoms with Crippen LogP contribution in [0.2, 0.25) is 0 Å². The molecule has 0 aliphatic carbocycles. The van der Waals surface area contributed by atoms with Gasteiger partial charge in [0.2, 0.25) is 0 Å². The maximum atomic E-state index is 13.3. The van der Waals surface area contributed by atoms with Crippen molar-refractivity contribution in [2.45, 2.75) is 58.0 Å². The number of nitriles is 2. The van der Waals surface area contributed by atoms with E-state index >= 15 is 0 Å². The number of hydrogen-bond donors (Lipinski definition) is 0. The maximum absolute atomic E-state index is 13.3. The van der Waals surface area contributed by atoms with Gasteiger partial charge in [0.25, 0.3) is 5.69 Å². The second-order valence-corrected chi connectivity index (χ2v) is 11.5. The van der Waals surface area contributed by atoms with Gasteiger partial charge in [-0.3, -0.25) is 14.7 Å². The monoisotopic (exact) mass is 565 g/mol. The molecule has 2 aliphatic heterocycles. The first-order valence-electron chi connectivity index (χ1n) is 13.2. The molecule has 1 unspecified atom stereocenters. The SMILES string of the molecule is CCOP(=O)(OCC)C(C#N)CC1CCOCC1.N#CC(=Cc1cc(F)ccc1[N+](=O)[O-])CC1CCOCC1. The minimum Gasteiger partial charge on any atom is -0.381 e. The first-order valence-corrected chi connectivity index (χ1v) is 14.9. The second kappa shape index (κ2) is 17.1. The highest BCUT2D eigenvalue weighted by Gasteiger charge is 2.37.